The van der Waals surface area contributed by atoms with Crippen LogP contribution in [0.15, 0.2) is 18.2 Å². The smallest absolute Gasteiger partial charge is 0.130 e. The van der Waals surface area contributed by atoms with Crippen LogP contribution in [0.4, 0.5) is 10.1 Å². The van der Waals surface area contributed by atoms with Gasteiger partial charge in [-0.25, -0.2) is 4.39 Å². The Bertz CT molecular complexity index is 426. The molecule has 0 radical (unpaired) electrons. The minimum atomic E-state index is -0.314. The molecule has 1 fully saturated rings. The van der Waals surface area contributed by atoms with Crippen LogP contribution in [0.1, 0.15) is 38.3 Å². The first-order chi connectivity index (χ1) is 9.00. The van der Waals surface area contributed by atoms with Gasteiger partial charge in [-0.3, -0.25) is 0 Å². The lowest BCUT2D eigenvalue weighted by atomic mass is 9.91. The van der Waals surface area contributed by atoms with E-state index in [2.05, 4.69) is 4.90 Å². The van der Waals surface area contributed by atoms with Crippen molar-refractivity contribution >= 4 is 5.69 Å². The molecule has 4 heteroatoms. The number of nitrogens with zero attached hydrogens (tertiary/aromatic N) is 1. The van der Waals surface area contributed by atoms with Gasteiger partial charge in [-0.15, -0.1) is 0 Å². The van der Waals surface area contributed by atoms with E-state index in [0.29, 0.717) is 11.5 Å². The predicted molar refractivity (Wildman–Crippen MR) is 75.6 cm³/mol. The van der Waals surface area contributed by atoms with Crippen LogP contribution in [0, 0.1) is 11.7 Å². The summed E-state index contributed by atoms with van der Waals surface area (Å²) in [6.45, 7) is 5.35. The van der Waals surface area contributed by atoms with Crippen LogP contribution in [-0.4, -0.2) is 24.3 Å². The second-order valence-electron chi connectivity index (χ2n) is 5.53. The van der Waals surface area contributed by atoms with E-state index in [9.17, 15) is 9.50 Å². The summed E-state index contributed by atoms with van der Waals surface area (Å²) in [6, 6.07) is 4.82. The summed E-state index contributed by atoms with van der Waals surface area (Å²) in [7, 11) is 0. The van der Waals surface area contributed by atoms with Crippen LogP contribution in [-0.2, 0) is 0 Å². The van der Waals surface area contributed by atoms with Gasteiger partial charge >= 0.3 is 0 Å². The lowest BCUT2D eigenvalue weighted by Crippen LogP contribution is -2.38. The highest BCUT2D eigenvalue weighted by molar-refractivity contribution is 5.55. The van der Waals surface area contributed by atoms with E-state index in [1.54, 1.807) is 6.07 Å². The summed E-state index contributed by atoms with van der Waals surface area (Å²) in [5, 5.41) is 9.62. The van der Waals surface area contributed by atoms with Crippen molar-refractivity contribution in [3.63, 3.8) is 0 Å². The summed E-state index contributed by atoms with van der Waals surface area (Å²) in [6.07, 6.45) is 1.61. The first kappa shape index (κ1) is 14.3. The summed E-state index contributed by atoms with van der Waals surface area (Å²) < 4.78 is 13.9. The van der Waals surface area contributed by atoms with E-state index < -0.39 is 0 Å². The van der Waals surface area contributed by atoms with E-state index in [0.717, 1.165) is 31.6 Å². The van der Waals surface area contributed by atoms with Gasteiger partial charge in [0.05, 0.1) is 6.10 Å². The van der Waals surface area contributed by atoms with Crippen molar-refractivity contribution in [2.24, 2.45) is 11.7 Å². The minimum absolute atomic E-state index is 0.231. The first-order valence-corrected chi connectivity index (χ1v) is 6.97. The Morgan fingerprint density at radius 1 is 1.32 bits per heavy atom. The van der Waals surface area contributed by atoms with Crippen molar-refractivity contribution in [1.82, 2.24) is 0 Å². The molecule has 0 saturated carbocycles. The lowest BCUT2D eigenvalue weighted by molar-refractivity contribution is 0.110. The Morgan fingerprint density at radius 3 is 2.47 bits per heavy atom. The second kappa shape index (κ2) is 5.88. The van der Waals surface area contributed by atoms with E-state index in [4.69, 9.17) is 5.73 Å². The van der Waals surface area contributed by atoms with Gasteiger partial charge in [-0.1, -0.05) is 6.07 Å². The van der Waals surface area contributed by atoms with Gasteiger partial charge in [0.2, 0.25) is 0 Å². The van der Waals surface area contributed by atoms with E-state index in [1.165, 1.54) is 6.07 Å². The molecule has 1 aliphatic rings. The molecule has 1 aromatic rings. The van der Waals surface area contributed by atoms with Gasteiger partial charge < -0.3 is 15.7 Å². The van der Waals surface area contributed by atoms with Crippen LogP contribution in [0.2, 0.25) is 0 Å². The zero-order valence-corrected chi connectivity index (χ0v) is 11.6. The third-order valence-corrected chi connectivity index (χ3v) is 4.05. The summed E-state index contributed by atoms with van der Waals surface area (Å²) in [5.41, 5.74) is 7.39. The van der Waals surface area contributed by atoms with E-state index >= 15 is 0 Å². The fourth-order valence-corrected chi connectivity index (χ4v) is 2.87. The number of nitrogens with two attached hydrogens (primary N) is 1. The van der Waals surface area contributed by atoms with Gasteiger partial charge in [-0.05, 0) is 44.7 Å². The average Bonchev–Trinajstić information content (AvgIpc) is 2.38. The van der Waals surface area contributed by atoms with Crippen LogP contribution in [0.25, 0.3) is 0 Å². The molecule has 1 heterocycles. The Labute approximate surface area is 114 Å². The number of rotatable bonds is 3. The van der Waals surface area contributed by atoms with Gasteiger partial charge in [0, 0.05) is 30.4 Å². The number of aliphatic hydroxyl groups excluding tert-OH is 1. The SMILES string of the molecule is CC(O)C1CCN(c2cccc(F)c2[C@@H](C)N)CC1. The molecule has 19 heavy (non-hydrogen) atoms. The first-order valence-electron chi connectivity index (χ1n) is 6.97. The summed E-state index contributed by atoms with van der Waals surface area (Å²) >= 11 is 0. The Kier molecular flexibility index (Phi) is 4.42. The number of aliphatic hydroxyl groups is 1. The number of benzene rings is 1. The molecule has 106 valence electrons. The Balaban J connectivity index is 2.18. The minimum Gasteiger partial charge on any atom is -0.393 e. The van der Waals surface area contributed by atoms with Gasteiger partial charge in [0.1, 0.15) is 5.82 Å². The maximum absolute atomic E-state index is 13.9. The molecule has 3 nitrogen and oxygen atoms in total. The highest BCUT2D eigenvalue weighted by Gasteiger charge is 2.25. The van der Waals surface area contributed by atoms with Crippen molar-refractivity contribution in [3.05, 3.63) is 29.6 Å². The highest BCUT2D eigenvalue weighted by Crippen LogP contribution is 2.31. The Hall–Kier alpha value is -1.13. The lowest BCUT2D eigenvalue weighted by Gasteiger charge is -2.36. The molecular formula is C15H23FN2O. The van der Waals surface area contributed by atoms with Crippen molar-refractivity contribution < 1.29 is 9.50 Å². The van der Waals surface area contributed by atoms with Crippen LogP contribution in [0.3, 0.4) is 0 Å². The molecule has 0 bridgehead atoms. The normalized spacial score (nSPS) is 20.4. The zero-order valence-electron chi connectivity index (χ0n) is 11.6. The summed E-state index contributed by atoms with van der Waals surface area (Å²) in [5.74, 6) is 0.119. The van der Waals surface area contributed by atoms with E-state index in [-0.39, 0.29) is 18.0 Å². The third-order valence-electron chi connectivity index (χ3n) is 4.05. The standard InChI is InChI=1S/C15H23FN2O/c1-10(17)15-13(16)4-3-5-14(15)18-8-6-12(7-9-18)11(2)19/h3-5,10-12,19H,6-9,17H2,1-2H3/t10-,11?/m1/s1. The van der Waals surface area contributed by atoms with Crippen molar-refractivity contribution in [3.8, 4) is 0 Å². The fraction of sp³-hybridized carbons (Fsp3) is 0.600. The molecular weight excluding hydrogens is 243 g/mol. The molecule has 0 aromatic heterocycles. The number of hydrogen-bond donors (Lipinski definition) is 2. The number of anilines is 1. The van der Waals surface area contributed by atoms with Crippen molar-refractivity contribution in [2.75, 3.05) is 18.0 Å². The van der Waals surface area contributed by atoms with Gasteiger partial charge in [-0.2, -0.15) is 0 Å². The molecule has 0 spiro atoms. The fourth-order valence-electron chi connectivity index (χ4n) is 2.87. The topological polar surface area (TPSA) is 49.5 Å². The van der Waals surface area contributed by atoms with Crippen molar-refractivity contribution in [2.45, 2.75) is 38.8 Å². The van der Waals surface area contributed by atoms with Crippen LogP contribution in [0.5, 0.6) is 0 Å². The van der Waals surface area contributed by atoms with Crippen molar-refractivity contribution in [1.29, 1.82) is 0 Å². The highest BCUT2D eigenvalue weighted by atomic mass is 19.1. The molecule has 0 aliphatic carbocycles. The van der Waals surface area contributed by atoms with Crippen LogP contribution < -0.4 is 10.6 Å². The Morgan fingerprint density at radius 2 is 1.95 bits per heavy atom. The number of hydrogen-bond acceptors (Lipinski definition) is 3. The van der Waals surface area contributed by atoms with E-state index in [1.807, 2.05) is 19.9 Å². The molecule has 1 aliphatic heterocycles. The molecule has 2 atom stereocenters. The van der Waals surface area contributed by atoms with Gasteiger partial charge in [0.25, 0.3) is 0 Å². The second-order valence-corrected chi connectivity index (χ2v) is 5.53. The monoisotopic (exact) mass is 266 g/mol. The average molecular weight is 266 g/mol. The summed E-state index contributed by atoms with van der Waals surface area (Å²) in [4.78, 5) is 2.18. The quantitative estimate of drug-likeness (QED) is 0.883. The largest absolute Gasteiger partial charge is 0.393 e. The molecule has 1 unspecified atom stereocenters. The predicted octanol–water partition coefficient (Wildman–Crippen LogP) is 2.44. The number of halogens is 1. The zero-order chi connectivity index (χ0) is 14.0. The van der Waals surface area contributed by atoms with Gasteiger partial charge in [0.15, 0.2) is 0 Å². The third kappa shape index (κ3) is 3.07. The molecule has 3 N–H and O–H groups in total. The maximum Gasteiger partial charge on any atom is 0.130 e. The van der Waals surface area contributed by atoms with Crippen LogP contribution >= 0.6 is 0 Å². The molecule has 1 aromatic carbocycles. The molecule has 0 amide bonds. The maximum atomic E-state index is 13.9. The number of piperidine rings is 1. The molecule has 2 rings (SSSR count). The molecule has 1 saturated heterocycles.